The van der Waals surface area contributed by atoms with Gasteiger partial charge in [0.05, 0.1) is 42.6 Å². The van der Waals surface area contributed by atoms with Crippen molar-refractivity contribution in [2.75, 3.05) is 38.2 Å². The smallest absolute Gasteiger partial charge is 0.407 e. The molecule has 0 spiro atoms. The maximum atomic E-state index is 12.8. The maximum Gasteiger partial charge on any atom is 0.407 e. The molecule has 2 aromatic rings. The van der Waals surface area contributed by atoms with Gasteiger partial charge in [-0.1, -0.05) is 6.07 Å². The van der Waals surface area contributed by atoms with Crippen LogP contribution in [0, 0.1) is 6.92 Å². The summed E-state index contributed by atoms with van der Waals surface area (Å²) in [6, 6.07) is 7.05. The summed E-state index contributed by atoms with van der Waals surface area (Å²) in [6.07, 6.45) is 1.12. The molecule has 0 aliphatic carbocycles. The topological polar surface area (TPSA) is 148 Å². The molecule has 0 fully saturated rings. The molecule has 0 saturated carbocycles. The number of carbonyl (C=O) groups excluding carboxylic acids is 4. The highest BCUT2D eigenvalue weighted by molar-refractivity contribution is 6.35. The Hall–Kier alpha value is -4.12. The largest absolute Gasteiger partial charge is 0.462 e. The number of nitrogens with one attached hydrogen (secondary N) is 4. The summed E-state index contributed by atoms with van der Waals surface area (Å²) in [5, 5.41) is 8.28. The second-order valence-corrected chi connectivity index (χ2v) is 10.4. The van der Waals surface area contributed by atoms with Crippen molar-refractivity contribution >= 4 is 41.2 Å². The van der Waals surface area contributed by atoms with Gasteiger partial charge in [-0.15, -0.1) is 0 Å². The first-order chi connectivity index (χ1) is 18.9. The Labute approximate surface area is 234 Å². The molecule has 1 aliphatic heterocycles. The minimum absolute atomic E-state index is 0.192. The zero-order valence-corrected chi connectivity index (χ0v) is 23.9. The number of aryl methyl sites for hydroxylation is 1. The van der Waals surface area contributed by atoms with E-state index in [2.05, 4.69) is 20.9 Å². The lowest BCUT2D eigenvalue weighted by molar-refractivity contribution is -0.122. The molecule has 11 nitrogen and oxygen atoms in total. The second kappa shape index (κ2) is 13.3. The summed E-state index contributed by atoms with van der Waals surface area (Å²) >= 11 is 0. The molecular weight excluding hydrogens is 516 g/mol. The maximum absolute atomic E-state index is 12.8. The molecule has 1 aromatic heterocycles. The number of ether oxygens (including phenoxy) is 3. The number of alkyl carbamates (subject to hydrolysis) is 1. The number of fused-ring (bicyclic) bond motifs is 1. The molecule has 0 bridgehead atoms. The zero-order chi connectivity index (χ0) is 29.4. The molecule has 2 heterocycles. The summed E-state index contributed by atoms with van der Waals surface area (Å²) in [7, 11) is 0. The number of aromatic amines is 1. The van der Waals surface area contributed by atoms with Gasteiger partial charge in [-0.2, -0.15) is 0 Å². The first kappa shape index (κ1) is 30.4. The second-order valence-electron chi connectivity index (χ2n) is 10.4. The predicted octanol–water partition coefficient (Wildman–Crippen LogP) is 3.75. The van der Waals surface area contributed by atoms with Crippen LogP contribution >= 0.6 is 0 Å². The lowest BCUT2D eigenvalue weighted by Crippen LogP contribution is -2.35. The van der Waals surface area contributed by atoms with Gasteiger partial charge in [0.2, 0.25) is 5.91 Å². The molecule has 3 amide bonds. The molecule has 4 N–H and O–H groups in total. The van der Waals surface area contributed by atoms with Crippen molar-refractivity contribution in [2.24, 2.45) is 0 Å². The molecule has 0 saturated heterocycles. The highest BCUT2D eigenvalue weighted by atomic mass is 16.6. The minimum atomic E-state index is -0.566. The van der Waals surface area contributed by atoms with Crippen molar-refractivity contribution in [3.05, 3.63) is 52.3 Å². The number of amides is 3. The van der Waals surface area contributed by atoms with E-state index in [0.717, 1.165) is 11.3 Å². The molecule has 11 heteroatoms. The van der Waals surface area contributed by atoms with Crippen molar-refractivity contribution < 1.29 is 33.4 Å². The summed E-state index contributed by atoms with van der Waals surface area (Å²) in [6.45, 7) is 12.1. The third-order valence-electron chi connectivity index (χ3n) is 5.95. The Kier molecular flexibility index (Phi) is 10.1. The van der Waals surface area contributed by atoms with E-state index >= 15 is 0 Å². The van der Waals surface area contributed by atoms with Gasteiger partial charge in [-0.3, -0.25) is 9.59 Å². The van der Waals surface area contributed by atoms with Crippen molar-refractivity contribution in [2.45, 2.75) is 53.1 Å². The molecule has 216 valence electrons. The number of hydrogen-bond donors (Lipinski definition) is 4. The van der Waals surface area contributed by atoms with Gasteiger partial charge in [-0.05, 0) is 71.4 Å². The molecule has 3 rings (SSSR count). The molecule has 40 heavy (non-hydrogen) atoms. The quantitative estimate of drug-likeness (QED) is 0.188. The Morgan fingerprint density at radius 3 is 2.45 bits per heavy atom. The van der Waals surface area contributed by atoms with Crippen molar-refractivity contribution in [3.8, 4) is 0 Å². The van der Waals surface area contributed by atoms with E-state index in [-0.39, 0.29) is 31.6 Å². The molecule has 1 atom stereocenters. The van der Waals surface area contributed by atoms with Crippen molar-refractivity contribution in [1.82, 2.24) is 15.6 Å². The highest BCUT2D eigenvalue weighted by Gasteiger charge is 2.27. The lowest BCUT2D eigenvalue weighted by Gasteiger charge is -2.19. The van der Waals surface area contributed by atoms with E-state index in [9.17, 15) is 19.2 Å². The number of carbonyl (C=O) groups is 4. The fourth-order valence-corrected chi connectivity index (χ4v) is 4.06. The number of hydrogen-bond acceptors (Lipinski definition) is 7. The molecule has 1 aromatic carbocycles. The van der Waals surface area contributed by atoms with E-state index in [0.29, 0.717) is 41.2 Å². The Morgan fingerprint density at radius 1 is 1.07 bits per heavy atom. The van der Waals surface area contributed by atoms with Crippen LogP contribution in [0.4, 0.5) is 10.5 Å². The van der Waals surface area contributed by atoms with E-state index < -0.39 is 23.6 Å². The van der Waals surface area contributed by atoms with E-state index in [1.54, 1.807) is 58.9 Å². The number of anilines is 1. The van der Waals surface area contributed by atoms with Crippen LogP contribution in [0.1, 0.15) is 73.4 Å². The van der Waals surface area contributed by atoms with E-state index in [1.807, 2.05) is 13.0 Å². The van der Waals surface area contributed by atoms with Crippen LogP contribution in [-0.2, 0) is 23.8 Å². The standard InChI is InChI=1S/C29H38N4O7/c1-7-39-27(36)22-14-17(2)32-24(22)16-21-20-15-19(8-9-23(20)33-26(21)35)18(3)25(34)30-10-12-38-13-11-31-28(37)40-29(4,5)6/h8-9,14-16,18,32H,7,10-13H2,1-6H3,(H,30,34)(H,31,37)(H,33,35)/b21-16-/t18-/m0/s1. The van der Waals surface area contributed by atoms with Crippen LogP contribution in [0.3, 0.4) is 0 Å². The zero-order valence-electron chi connectivity index (χ0n) is 23.9. The van der Waals surface area contributed by atoms with Gasteiger partial charge >= 0.3 is 12.1 Å². The van der Waals surface area contributed by atoms with Gasteiger partial charge in [0.1, 0.15) is 5.60 Å². The SMILES string of the molecule is CCOC(=O)c1cc(C)[nH]c1/C=C1\C(=O)Nc2ccc([C@H](C)C(=O)NCCOCCNC(=O)OC(C)(C)C)cc21. The van der Waals surface area contributed by atoms with Gasteiger partial charge < -0.3 is 35.1 Å². The number of rotatable bonds is 11. The van der Waals surface area contributed by atoms with E-state index in [1.165, 1.54) is 0 Å². The van der Waals surface area contributed by atoms with Crippen molar-refractivity contribution in [3.63, 3.8) is 0 Å². The third-order valence-corrected chi connectivity index (χ3v) is 5.95. The summed E-state index contributed by atoms with van der Waals surface area (Å²) in [5.74, 6) is -1.45. The minimum Gasteiger partial charge on any atom is -0.462 e. The van der Waals surface area contributed by atoms with Crippen LogP contribution in [0.15, 0.2) is 24.3 Å². The van der Waals surface area contributed by atoms with Crippen LogP contribution in [-0.4, -0.2) is 67.4 Å². The average Bonchev–Trinajstić information content (AvgIpc) is 3.40. The van der Waals surface area contributed by atoms with Crippen LogP contribution in [0.2, 0.25) is 0 Å². The molecule has 1 aliphatic rings. The summed E-state index contributed by atoms with van der Waals surface area (Å²) in [4.78, 5) is 52.7. The molecular formula is C29H38N4O7. The number of aromatic nitrogens is 1. The van der Waals surface area contributed by atoms with Crippen LogP contribution in [0.5, 0.6) is 0 Å². The third kappa shape index (κ3) is 8.19. The average molecular weight is 555 g/mol. The first-order valence-electron chi connectivity index (χ1n) is 13.3. The predicted molar refractivity (Wildman–Crippen MR) is 151 cm³/mol. The fourth-order valence-electron chi connectivity index (χ4n) is 4.06. The number of benzene rings is 1. The Morgan fingerprint density at radius 2 is 1.77 bits per heavy atom. The van der Waals surface area contributed by atoms with Gasteiger partial charge in [0.15, 0.2) is 0 Å². The van der Waals surface area contributed by atoms with Crippen molar-refractivity contribution in [1.29, 1.82) is 0 Å². The van der Waals surface area contributed by atoms with Crippen LogP contribution < -0.4 is 16.0 Å². The van der Waals surface area contributed by atoms with E-state index in [4.69, 9.17) is 14.2 Å². The fraction of sp³-hybridized carbons (Fsp3) is 0.448. The lowest BCUT2D eigenvalue weighted by atomic mass is 9.95. The Bertz CT molecular complexity index is 1290. The summed E-state index contributed by atoms with van der Waals surface area (Å²) in [5.41, 5.74) is 3.40. The van der Waals surface area contributed by atoms with Gasteiger partial charge in [-0.25, -0.2) is 9.59 Å². The monoisotopic (exact) mass is 554 g/mol. The first-order valence-corrected chi connectivity index (χ1v) is 13.3. The number of H-pyrrole nitrogens is 1. The van der Waals surface area contributed by atoms with Gasteiger partial charge in [0.25, 0.3) is 5.91 Å². The summed E-state index contributed by atoms with van der Waals surface area (Å²) < 4.78 is 15.8. The highest BCUT2D eigenvalue weighted by Crippen LogP contribution is 2.36. The number of esters is 1. The molecule has 0 radical (unpaired) electrons. The normalized spacial score (nSPS) is 14.3. The van der Waals surface area contributed by atoms with Crippen LogP contribution in [0.25, 0.3) is 11.6 Å². The molecule has 0 unspecified atom stereocenters. The van der Waals surface area contributed by atoms with Gasteiger partial charge in [0, 0.05) is 30.0 Å². The Balaban J connectivity index is 1.58.